The highest BCUT2D eigenvalue weighted by atomic mass is 32.1. The van der Waals surface area contributed by atoms with Crippen LogP contribution in [0.3, 0.4) is 0 Å². The molecule has 1 heterocycles. The van der Waals surface area contributed by atoms with E-state index >= 15 is 0 Å². The zero-order chi connectivity index (χ0) is 19.9. The van der Waals surface area contributed by atoms with Crippen LogP contribution in [0.4, 0.5) is 0 Å². The number of nitrogens with one attached hydrogen (secondary N) is 1. The maximum Gasteiger partial charge on any atom is 0.216 e. The molecule has 28 heavy (non-hydrogen) atoms. The highest BCUT2D eigenvalue weighted by Gasteiger charge is 2.08. The molecule has 0 bridgehead atoms. The fourth-order valence-corrected chi connectivity index (χ4v) is 2.76. The van der Waals surface area contributed by atoms with Crippen molar-refractivity contribution in [1.29, 1.82) is 5.26 Å². The van der Waals surface area contributed by atoms with E-state index in [0.717, 1.165) is 11.1 Å². The Morgan fingerprint density at radius 3 is 2.79 bits per heavy atom. The van der Waals surface area contributed by atoms with E-state index in [2.05, 4.69) is 21.4 Å². The SMILES string of the molecule is CCOc1cc(/C=N\n2c(C)n[nH]c2=S)ccc1OCc1ccccc1C#N. The molecule has 0 radical (unpaired) electrons. The van der Waals surface area contributed by atoms with E-state index in [0.29, 0.717) is 34.3 Å². The first-order valence-electron chi connectivity index (χ1n) is 8.68. The molecule has 0 fully saturated rings. The molecule has 3 rings (SSSR count). The van der Waals surface area contributed by atoms with Crippen molar-refractivity contribution in [2.45, 2.75) is 20.5 Å². The average Bonchev–Trinajstić information content (AvgIpc) is 3.03. The van der Waals surface area contributed by atoms with Crippen molar-refractivity contribution < 1.29 is 9.47 Å². The first-order valence-corrected chi connectivity index (χ1v) is 9.09. The number of rotatable bonds is 7. The Morgan fingerprint density at radius 1 is 1.25 bits per heavy atom. The van der Waals surface area contributed by atoms with Crippen molar-refractivity contribution in [3.05, 3.63) is 69.8 Å². The average molecular weight is 393 g/mol. The summed E-state index contributed by atoms with van der Waals surface area (Å²) < 4.78 is 13.6. The molecule has 142 valence electrons. The van der Waals surface area contributed by atoms with Gasteiger partial charge in [0.25, 0.3) is 0 Å². The second-order valence-electron chi connectivity index (χ2n) is 5.83. The second-order valence-corrected chi connectivity index (χ2v) is 6.22. The van der Waals surface area contributed by atoms with Crippen LogP contribution in [0.5, 0.6) is 11.5 Å². The van der Waals surface area contributed by atoms with E-state index in [1.54, 1.807) is 17.0 Å². The Labute approximate surface area is 167 Å². The normalized spacial score (nSPS) is 10.8. The largest absolute Gasteiger partial charge is 0.490 e. The lowest BCUT2D eigenvalue weighted by molar-refractivity contribution is 0.269. The van der Waals surface area contributed by atoms with Gasteiger partial charge in [0.15, 0.2) is 11.5 Å². The fourth-order valence-electron chi connectivity index (χ4n) is 2.53. The topological polar surface area (TPSA) is 88.2 Å². The standard InChI is InChI=1S/C20H19N5O2S/c1-3-26-19-10-15(12-22-25-14(2)23-24-20(25)28)8-9-18(19)27-13-17-7-5-4-6-16(17)11-21/h4-10,12H,3,13H2,1-2H3,(H,24,28)/b22-12-. The Kier molecular flexibility index (Phi) is 6.19. The van der Waals surface area contributed by atoms with Gasteiger partial charge in [0.2, 0.25) is 4.77 Å². The van der Waals surface area contributed by atoms with E-state index in [9.17, 15) is 5.26 Å². The molecule has 1 aromatic heterocycles. The van der Waals surface area contributed by atoms with E-state index in [4.69, 9.17) is 21.7 Å². The molecule has 8 heteroatoms. The molecule has 0 aliphatic rings. The predicted molar refractivity (Wildman–Crippen MR) is 108 cm³/mol. The molecule has 0 aliphatic heterocycles. The van der Waals surface area contributed by atoms with Gasteiger partial charge >= 0.3 is 0 Å². The van der Waals surface area contributed by atoms with Gasteiger partial charge in [-0.2, -0.15) is 20.1 Å². The fraction of sp³-hybridized carbons (Fsp3) is 0.200. The zero-order valence-electron chi connectivity index (χ0n) is 15.5. The van der Waals surface area contributed by atoms with Crippen LogP contribution >= 0.6 is 12.2 Å². The van der Waals surface area contributed by atoms with E-state index in [1.807, 2.05) is 50.2 Å². The first-order chi connectivity index (χ1) is 13.6. The van der Waals surface area contributed by atoms with Gasteiger partial charge in [0.1, 0.15) is 12.4 Å². The molecule has 7 nitrogen and oxygen atoms in total. The molecule has 0 atom stereocenters. The number of nitrogens with zero attached hydrogens (tertiary/aromatic N) is 4. The summed E-state index contributed by atoms with van der Waals surface area (Å²) in [6.07, 6.45) is 1.68. The molecule has 0 aliphatic carbocycles. The number of aromatic nitrogens is 3. The summed E-state index contributed by atoms with van der Waals surface area (Å²) in [5.41, 5.74) is 2.25. The number of H-pyrrole nitrogens is 1. The molecule has 0 saturated carbocycles. The monoisotopic (exact) mass is 393 g/mol. The van der Waals surface area contributed by atoms with Gasteiger partial charge < -0.3 is 9.47 Å². The highest BCUT2D eigenvalue weighted by molar-refractivity contribution is 7.71. The van der Waals surface area contributed by atoms with Crippen LogP contribution in [-0.4, -0.2) is 27.7 Å². The number of aryl methyl sites for hydroxylation is 1. The van der Waals surface area contributed by atoms with Crippen LogP contribution in [0.1, 0.15) is 29.4 Å². The van der Waals surface area contributed by atoms with Crippen LogP contribution < -0.4 is 9.47 Å². The van der Waals surface area contributed by atoms with E-state index in [1.165, 1.54) is 0 Å². The Balaban J connectivity index is 1.81. The van der Waals surface area contributed by atoms with Crippen LogP contribution in [0.2, 0.25) is 0 Å². The lowest BCUT2D eigenvalue weighted by atomic mass is 10.1. The zero-order valence-corrected chi connectivity index (χ0v) is 16.4. The maximum absolute atomic E-state index is 9.21. The van der Waals surface area contributed by atoms with Crippen molar-refractivity contribution in [2.75, 3.05) is 6.61 Å². The van der Waals surface area contributed by atoms with Crippen LogP contribution in [-0.2, 0) is 6.61 Å². The van der Waals surface area contributed by atoms with Gasteiger partial charge in [-0.1, -0.05) is 18.2 Å². The van der Waals surface area contributed by atoms with E-state index in [-0.39, 0.29) is 6.61 Å². The summed E-state index contributed by atoms with van der Waals surface area (Å²) in [5.74, 6) is 1.87. The van der Waals surface area contributed by atoms with Crippen molar-refractivity contribution >= 4 is 18.4 Å². The summed E-state index contributed by atoms with van der Waals surface area (Å²) in [6.45, 7) is 4.49. The lowest BCUT2D eigenvalue weighted by Gasteiger charge is -2.13. The van der Waals surface area contributed by atoms with Gasteiger partial charge in [-0.05, 0) is 55.9 Å². The molecule has 0 amide bonds. The lowest BCUT2D eigenvalue weighted by Crippen LogP contribution is -2.02. The quantitative estimate of drug-likeness (QED) is 0.484. The molecule has 1 N–H and O–H groups in total. The van der Waals surface area contributed by atoms with Gasteiger partial charge in [0, 0.05) is 5.56 Å². The van der Waals surface area contributed by atoms with Gasteiger partial charge in [0.05, 0.1) is 24.5 Å². The first kappa shape index (κ1) is 19.3. The number of hydrogen-bond donors (Lipinski definition) is 1. The minimum Gasteiger partial charge on any atom is -0.490 e. The number of nitriles is 1. The Hall–Kier alpha value is -3.44. The summed E-state index contributed by atoms with van der Waals surface area (Å²) in [5, 5.41) is 20.3. The smallest absolute Gasteiger partial charge is 0.216 e. The Morgan fingerprint density at radius 2 is 2.07 bits per heavy atom. The summed E-state index contributed by atoms with van der Waals surface area (Å²) >= 11 is 5.14. The molecule has 2 aromatic carbocycles. The van der Waals surface area contributed by atoms with Gasteiger partial charge in [-0.25, -0.2) is 0 Å². The predicted octanol–water partition coefficient (Wildman–Crippen LogP) is 3.98. The second kappa shape index (κ2) is 8.97. The third kappa shape index (κ3) is 4.45. The minimum atomic E-state index is 0.278. The van der Waals surface area contributed by atoms with Crippen molar-refractivity contribution in [3.8, 4) is 17.6 Å². The minimum absolute atomic E-state index is 0.278. The molecular weight excluding hydrogens is 374 g/mol. The molecule has 0 saturated heterocycles. The number of aromatic amines is 1. The summed E-state index contributed by atoms with van der Waals surface area (Å²) in [7, 11) is 0. The van der Waals surface area contributed by atoms with Crippen molar-refractivity contribution in [3.63, 3.8) is 0 Å². The van der Waals surface area contributed by atoms with E-state index < -0.39 is 0 Å². The molecule has 3 aromatic rings. The summed E-state index contributed by atoms with van der Waals surface area (Å²) in [4.78, 5) is 0. The third-order valence-corrected chi connectivity index (χ3v) is 4.19. The van der Waals surface area contributed by atoms with Gasteiger partial charge in [-0.15, -0.1) is 0 Å². The number of hydrogen-bond acceptors (Lipinski definition) is 6. The molecule has 0 unspecified atom stereocenters. The third-order valence-electron chi connectivity index (χ3n) is 3.92. The van der Waals surface area contributed by atoms with Crippen LogP contribution in [0.15, 0.2) is 47.6 Å². The van der Waals surface area contributed by atoms with Crippen LogP contribution in [0.25, 0.3) is 0 Å². The van der Waals surface area contributed by atoms with Gasteiger partial charge in [-0.3, -0.25) is 5.10 Å². The molecule has 0 spiro atoms. The van der Waals surface area contributed by atoms with Crippen molar-refractivity contribution in [1.82, 2.24) is 14.9 Å². The maximum atomic E-state index is 9.21. The van der Waals surface area contributed by atoms with Crippen molar-refractivity contribution in [2.24, 2.45) is 5.10 Å². The summed E-state index contributed by atoms with van der Waals surface area (Å²) in [6, 6.07) is 15.1. The van der Waals surface area contributed by atoms with Crippen LogP contribution in [0, 0.1) is 23.0 Å². The number of benzene rings is 2. The molecular formula is C20H19N5O2S. The number of ether oxygens (including phenoxy) is 2. The Bertz CT molecular complexity index is 1090. The highest BCUT2D eigenvalue weighted by Crippen LogP contribution is 2.29.